The quantitative estimate of drug-likeness (QED) is 0.147. The smallest absolute Gasteiger partial charge is 0.0714 e. The van der Waals surface area contributed by atoms with Crippen molar-refractivity contribution >= 4 is 17.1 Å². The van der Waals surface area contributed by atoms with Gasteiger partial charge in [-0.1, -0.05) is 255 Å². The minimum Gasteiger partial charge on any atom is -0.310 e. The molecule has 0 aromatic heterocycles. The summed E-state index contributed by atoms with van der Waals surface area (Å²) in [5.41, 5.74) is 25.9. The second-order valence-corrected chi connectivity index (χ2v) is 20.9. The van der Waals surface area contributed by atoms with Crippen LogP contribution in [0.25, 0.3) is 44.5 Å². The van der Waals surface area contributed by atoms with E-state index in [-0.39, 0.29) is 5.41 Å². The number of fused-ring (bicyclic) bond motifs is 11. The number of rotatable bonds is 8. The summed E-state index contributed by atoms with van der Waals surface area (Å²) in [6.45, 7) is 0. The monoisotopic (exact) mass is 943 g/mol. The number of hydrogen-bond acceptors (Lipinski definition) is 1. The minimum absolute atomic E-state index is 0.0525. The third kappa shape index (κ3) is 5.87. The zero-order valence-electron chi connectivity index (χ0n) is 41.3. The van der Waals surface area contributed by atoms with Crippen LogP contribution in [-0.4, -0.2) is 0 Å². The lowest BCUT2D eigenvalue weighted by Gasteiger charge is -2.36. The summed E-state index contributed by atoms with van der Waals surface area (Å²) in [6.07, 6.45) is 4.90. The molecule has 74 heavy (non-hydrogen) atoms. The molecule has 350 valence electrons. The van der Waals surface area contributed by atoms with E-state index in [2.05, 4.69) is 278 Å². The van der Waals surface area contributed by atoms with Crippen molar-refractivity contribution in [1.82, 2.24) is 0 Å². The van der Waals surface area contributed by atoms with Crippen molar-refractivity contribution in [2.24, 2.45) is 0 Å². The van der Waals surface area contributed by atoms with Crippen molar-refractivity contribution in [3.8, 4) is 44.5 Å². The van der Waals surface area contributed by atoms with Gasteiger partial charge in [0.2, 0.25) is 0 Å². The first-order valence-electron chi connectivity index (χ1n) is 26.6. The molecular formula is C73H53N. The maximum atomic E-state index is 2.59. The largest absolute Gasteiger partial charge is 0.310 e. The second kappa shape index (κ2) is 16.6. The van der Waals surface area contributed by atoms with Crippen LogP contribution >= 0.6 is 0 Å². The minimum atomic E-state index is -0.565. The van der Waals surface area contributed by atoms with E-state index in [1.165, 1.54) is 126 Å². The third-order valence-electron chi connectivity index (χ3n) is 17.6. The van der Waals surface area contributed by atoms with Gasteiger partial charge in [0, 0.05) is 22.4 Å². The Kier molecular flexibility index (Phi) is 9.63. The summed E-state index contributed by atoms with van der Waals surface area (Å²) in [6, 6.07) is 103. The molecule has 1 heteroatoms. The average Bonchev–Trinajstić information content (AvgIpc) is 4.24. The van der Waals surface area contributed by atoms with Gasteiger partial charge in [0.25, 0.3) is 0 Å². The molecule has 0 bridgehead atoms. The Morgan fingerprint density at radius 3 is 1.11 bits per heavy atom. The van der Waals surface area contributed by atoms with Crippen molar-refractivity contribution in [1.29, 1.82) is 0 Å². The first-order chi connectivity index (χ1) is 36.7. The molecule has 15 rings (SSSR count). The van der Waals surface area contributed by atoms with Crippen LogP contribution < -0.4 is 4.90 Å². The topological polar surface area (TPSA) is 3.24 Å². The second-order valence-electron chi connectivity index (χ2n) is 20.9. The molecule has 0 amide bonds. The number of benzene rings is 11. The lowest BCUT2D eigenvalue weighted by molar-refractivity contribution is 0.550. The molecule has 0 radical (unpaired) electrons. The molecule has 0 unspecified atom stereocenters. The maximum Gasteiger partial charge on any atom is 0.0714 e. The summed E-state index contributed by atoms with van der Waals surface area (Å²) in [4.78, 5) is 2.59. The van der Waals surface area contributed by atoms with Crippen LogP contribution in [0.5, 0.6) is 0 Å². The van der Waals surface area contributed by atoms with E-state index in [1.807, 2.05) is 0 Å². The van der Waals surface area contributed by atoms with Crippen LogP contribution in [0.2, 0.25) is 0 Å². The molecular weight excluding hydrogens is 891 g/mol. The molecule has 0 saturated heterocycles. The van der Waals surface area contributed by atoms with E-state index in [0.717, 1.165) is 17.1 Å². The Bertz CT molecular complexity index is 3700. The highest BCUT2D eigenvalue weighted by molar-refractivity contribution is 6.00. The number of para-hydroxylation sites is 1. The zero-order valence-corrected chi connectivity index (χ0v) is 41.3. The summed E-state index contributed by atoms with van der Waals surface area (Å²) in [5, 5.41) is 0. The van der Waals surface area contributed by atoms with Gasteiger partial charge in [-0.05, 0) is 138 Å². The maximum absolute atomic E-state index is 2.59. The Balaban J connectivity index is 1.03. The summed E-state index contributed by atoms with van der Waals surface area (Å²) < 4.78 is 0. The van der Waals surface area contributed by atoms with Gasteiger partial charge in [-0.15, -0.1) is 0 Å². The van der Waals surface area contributed by atoms with Crippen LogP contribution in [0.3, 0.4) is 0 Å². The van der Waals surface area contributed by atoms with Crippen molar-refractivity contribution in [2.45, 2.75) is 41.9 Å². The van der Waals surface area contributed by atoms with E-state index in [9.17, 15) is 0 Å². The highest BCUT2D eigenvalue weighted by Crippen LogP contribution is 2.62. The Hall–Kier alpha value is -8.78. The highest BCUT2D eigenvalue weighted by atomic mass is 15.1. The van der Waals surface area contributed by atoms with Crippen molar-refractivity contribution < 1.29 is 0 Å². The fourth-order valence-corrected chi connectivity index (χ4v) is 14.7. The van der Waals surface area contributed by atoms with Gasteiger partial charge >= 0.3 is 0 Å². The Morgan fingerprint density at radius 2 is 0.622 bits per heavy atom. The van der Waals surface area contributed by atoms with Crippen molar-refractivity contribution in [3.63, 3.8) is 0 Å². The van der Waals surface area contributed by atoms with Gasteiger partial charge in [-0.2, -0.15) is 0 Å². The van der Waals surface area contributed by atoms with Crippen molar-refractivity contribution in [3.05, 3.63) is 329 Å². The van der Waals surface area contributed by atoms with E-state index in [4.69, 9.17) is 0 Å². The molecule has 1 spiro atoms. The lowest BCUT2D eigenvalue weighted by atomic mass is 9.67. The number of anilines is 3. The first-order valence-corrected chi connectivity index (χ1v) is 26.6. The van der Waals surface area contributed by atoms with Gasteiger partial charge in [-0.3, -0.25) is 0 Å². The van der Waals surface area contributed by atoms with Crippen LogP contribution in [0.4, 0.5) is 17.1 Å². The molecule has 0 aliphatic heterocycles. The molecule has 0 atom stereocenters. The molecule has 0 heterocycles. The van der Waals surface area contributed by atoms with Gasteiger partial charge in [0.05, 0.1) is 16.5 Å². The van der Waals surface area contributed by atoms with Crippen LogP contribution in [-0.2, 0) is 16.2 Å². The third-order valence-corrected chi connectivity index (χ3v) is 17.6. The predicted octanol–water partition coefficient (Wildman–Crippen LogP) is 18.4. The van der Waals surface area contributed by atoms with Crippen LogP contribution in [0.15, 0.2) is 273 Å². The molecule has 0 N–H and O–H groups in total. The SMILES string of the molecule is c1ccc(C2(c3ccccc3)c3ccccc3-c3ccc(N(c4ccc5c(c4)C(c4ccccc4)(c4ccccc4)c4ccccc4-5)c4ccccc4-c4cccc5c4-c4ccccc4C54CCCC4)cc32)cc1. The first kappa shape index (κ1) is 42.9. The fourth-order valence-electron chi connectivity index (χ4n) is 14.7. The van der Waals surface area contributed by atoms with Gasteiger partial charge in [-0.25, -0.2) is 0 Å². The Morgan fingerprint density at radius 1 is 0.257 bits per heavy atom. The number of nitrogens with zero attached hydrogens (tertiary/aromatic N) is 1. The summed E-state index contributed by atoms with van der Waals surface area (Å²) in [7, 11) is 0. The zero-order chi connectivity index (χ0) is 48.8. The molecule has 1 nitrogen and oxygen atoms in total. The molecule has 4 aliphatic carbocycles. The predicted molar refractivity (Wildman–Crippen MR) is 306 cm³/mol. The highest BCUT2D eigenvalue weighted by Gasteiger charge is 2.49. The lowest BCUT2D eigenvalue weighted by Crippen LogP contribution is -2.29. The van der Waals surface area contributed by atoms with Gasteiger partial charge in [0.15, 0.2) is 0 Å². The van der Waals surface area contributed by atoms with Gasteiger partial charge < -0.3 is 4.90 Å². The summed E-state index contributed by atoms with van der Waals surface area (Å²) >= 11 is 0. The van der Waals surface area contributed by atoms with E-state index in [0.29, 0.717) is 0 Å². The Labute approximate surface area is 434 Å². The average molecular weight is 944 g/mol. The molecule has 1 fully saturated rings. The molecule has 1 saturated carbocycles. The number of hydrogen-bond donors (Lipinski definition) is 0. The molecule has 4 aliphatic rings. The molecule has 11 aromatic carbocycles. The van der Waals surface area contributed by atoms with E-state index >= 15 is 0 Å². The summed E-state index contributed by atoms with van der Waals surface area (Å²) in [5.74, 6) is 0. The standard InChI is InChI=1S/C73H53N/c1-5-24-50(25-6-1)72(51-26-7-2-8-27-51)64-38-18-13-32-56(64)58-44-42-54(48-67(58)72)74(69-41-20-16-34-60(69)61-36-23-40-66-70(61)62-35-15-17-37-63(62)71(66)46-21-22-47-71)55-43-45-59-57-33-14-19-39-65(57)73(68(59)49-55,52-28-9-3-10-29-52)53-30-11-4-12-31-53/h1-20,23-45,48-49H,21-22,46-47H2. The van der Waals surface area contributed by atoms with E-state index in [1.54, 1.807) is 0 Å². The van der Waals surface area contributed by atoms with E-state index < -0.39 is 10.8 Å². The van der Waals surface area contributed by atoms with Crippen LogP contribution in [0.1, 0.15) is 81.3 Å². The van der Waals surface area contributed by atoms with Crippen LogP contribution in [0, 0.1) is 0 Å². The normalized spacial score (nSPS) is 15.4. The fraction of sp³-hybridized carbons (Fsp3) is 0.0959. The van der Waals surface area contributed by atoms with Gasteiger partial charge in [0.1, 0.15) is 0 Å². The van der Waals surface area contributed by atoms with Crippen molar-refractivity contribution in [2.75, 3.05) is 4.90 Å². The molecule has 11 aromatic rings.